The first kappa shape index (κ1) is 14.8. The van der Waals surface area contributed by atoms with Crippen LogP contribution in [0.1, 0.15) is 52.4 Å². The molecular formula is C15H28N2O2. The predicted octanol–water partition coefficient (Wildman–Crippen LogP) is 1.94. The zero-order valence-corrected chi connectivity index (χ0v) is 12.4. The van der Waals surface area contributed by atoms with E-state index < -0.39 is 0 Å². The number of carbonyl (C=O) groups excluding carboxylic acids is 1. The van der Waals surface area contributed by atoms with Crippen molar-refractivity contribution in [1.29, 1.82) is 0 Å². The number of piperazine rings is 1. The Morgan fingerprint density at radius 2 is 2.05 bits per heavy atom. The van der Waals surface area contributed by atoms with E-state index in [-0.39, 0.29) is 17.6 Å². The second-order valence-corrected chi connectivity index (χ2v) is 5.83. The molecular weight excluding hydrogens is 240 g/mol. The maximum absolute atomic E-state index is 12.2. The molecule has 1 atom stereocenters. The van der Waals surface area contributed by atoms with Crippen molar-refractivity contribution in [2.75, 3.05) is 26.2 Å². The van der Waals surface area contributed by atoms with Gasteiger partial charge in [-0.25, -0.2) is 0 Å². The smallest absolute Gasteiger partial charge is 0.323 e. The fourth-order valence-corrected chi connectivity index (χ4v) is 3.77. The molecule has 0 aromatic carbocycles. The highest BCUT2D eigenvalue weighted by atomic mass is 16.5. The van der Waals surface area contributed by atoms with Crippen LogP contribution >= 0.6 is 0 Å². The predicted molar refractivity (Wildman–Crippen MR) is 76.1 cm³/mol. The Balaban J connectivity index is 2.14. The minimum atomic E-state index is -0.0554. The fourth-order valence-electron chi connectivity index (χ4n) is 3.77. The Kier molecular flexibility index (Phi) is 5.22. The number of nitrogens with zero attached hydrogens (tertiary/aromatic N) is 1. The summed E-state index contributed by atoms with van der Waals surface area (Å²) < 4.78 is 5.28. The summed E-state index contributed by atoms with van der Waals surface area (Å²) in [5, 5.41) is 3.53. The second kappa shape index (κ2) is 6.71. The third kappa shape index (κ3) is 3.11. The fraction of sp³-hybridized carbons (Fsp3) is 0.933. The summed E-state index contributed by atoms with van der Waals surface area (Å²) in [6.45, 7) is 7.45. The summed E-state index contributed by atoms with van der Waals surface area (Å²) in [5.74, 6) is -0.0307. The summed E-state index contributed by atoms with van der Waals surface area (Å²) in [6, 6.07) is -0.0554. The lowest BCUT2D eigenvalue weighted by Crippen LogP contribution is -2.66. The van der Waals surface area contributed by atoms with E-state index in [2.05, 4.69) is 17.1 Å². The number of hydrogen-bond donors (Lipinski definition) is 1. The lowest BCUT2D eigenvalue weighted by molar-refractivity contribution is -0.154. The third-order valence-corrected chi connectivity index (χ3v) is 4.70. The van der Waals surface area contributed by atoms with Crippen LogP contribution in [0.15, 0.2) is 0 Å². The van der Waals surface area contributed by atoms with Crippen molar-refractivity contribution in [2.24, 2.45) is 0 Å². The Morgan fingerprint density at radius 1 is 1.32 bits per heavy atom. The van der Waals surface area contributed by atoms with E-state index in [1.54, 1.807) is 0 Å². The van der Waals surface area contributed by atoms with Gasteiger partial charge in [0, 0.05) is 25.2 Å². The van der Waals surface area contributed by atoms with Crippen molar-refractivity contribution in [2.45, 2.75) is 64.0 Å². The second-order valence-electron chi connectivity index (χ2n) is 5.83. The summed E-state index contributed by atoms with van der Waals surface area (Å²) >= 11 is 0. The lowest BCUT2D eigenvalue weighted by Gasteiger charge is -2.52. The minimum absolute atomic E-state index is 0.0307. The maximum Gasteiger partial charge on any atom is 0.323 e. The SMILES string of the molecule is CCOC(=O)C(CC)N1CCNCC12CCCCC2. The molecule has 1 N–H and O–H groups in total. The molecule has 2 aliphatic rings. The zero-order chi connectivity index (χ0) is 13.7. The van der Waals surface area contributed by atoms with E-state index in [0.717, 1.165) is 26.1 Å². The molecule has 4 heteroatoms. The molecule has 1 unspecified atom stereocenters. The molecule has 1 aliphatic carbocycles. The molecule has 19 heavy (non-hydrogen) atoms. The summed E-state index contributed by atoms with van der Waals surface area (Å²) in [4.78, 5) is 14.7. The highest BCUT2D eigenvalue weighted by molar-refractivity contribution is 5.75. The molecule has 0 aromatic rings. The van der Waals surface area contributed by atoms with E-state index in [0.29, 0.717) is 6.61 Å². The van der Waals surface area contributed by atoms with Gasteiger partial charge in [-0.3, -0.25) is 9.69 Å². The van der Waals surface area contributed by atoms with Gasteiger partial charge in [0.25, 0.3) is 0 Å². The van der Waals surface area contributed by atoms with Crippen LogP contribution in [-0.4, -0.2) is 48.7 Å². The van der Waals surface area contributed by atoms with Crippen LogP contribution in [0, 0.1) is 0 Å². The summed E-state index contributed by atoms with van der Waals surface area (Å²) in [7, 11) is 0. The monoisotopic (exact) mass is 268 g/mol. The van der Waals surface area contributed by atoms with E-state index in [1.165, 1.54) is 32.1 Å². The van der Waals surface area contributed by atoms with E-state index in [9.17, 15) is 4.79 Å². The quantitative estimate of drug-likeness (QED) is 0.791. The van der Waals surface area contributed by atoms with Crippen molar-refractivity contribution >= 4 is 5.97 Å². The van der Waals surface area contributed by atoms with Crippen molar-refractivity contribution < 1.29 is 9.53 Å². The van der Waals surface area contributed by atoms with Crippen LogP contribution in [0.25, 0.3) is 0 Å². The normalized spacial score (nSPS) is 25.2. The van der Waals surface area contributed by atoms with Crippen LogP contribution < -0.4 is 5.32 Å². The number of hydrogen-bond acceptors (Lipinski definition) is 4. The van der Waals surface area contributed by atoms with Crippen LogP contribution in [0.3, 0.4) is 0 Å². The third-order valence-electron chi connectivity index (χ3n) is 4.70. The Hall–Kier alpha value is -0.610. The Morgan fingerprint density at radius 3 is 2.68 bits per heavy atom. The van der Waals surface area contributed by atoms with Gasteiger partial charge in [0.05, 0.1) is 6.61 Å². The Bertz CT molecular complexity index is 292. The van der Waals surface area contributed by atoms with Crippen LogP contribution in [-0.2, 0) is 9.53 Å². The number of ether oxygens (including phenoxy) is 1. The number of carbonyl (C=O) groups is 1. The highest BCUT2D eigenvalue weighted by Gasteiger charge is 2.44. The lowest BCUT2D eigenvalue weighted by atomic mass is 9.78. The largest absolute Gasteiger partial charge is 0.465 e. The van der Waals surface area contributed by atoms with Crippen molar-refractivity contribution in [1.82, 2.24) is 10.2 Å². The van der Waals surface area contributed by atoms with Gasteiger partial charge < -0.3 is 10.1 Å². The first-order valence-corrected chi connectivity index (χ1v) is 7.87. The minimum Gasteiger partial charge on any atom is -0.465 e. The molecule has 1 spiro atoms. The highest BCUT2D eigenvalue weighted by Crippen LogP contribution is 2.36. The molecule has 1 saturated heterocycles. The van der Waals surface area contributed by atoms with Crippen LogP contribution in [0.2, 0.25) is 0 Å². The van der Waals surface area contributed by atoms with Crippen molar-refractivity contribution in [3.63, 3.8) is 0 Å². The van der Waals surface area contributed by atoms with E-state index in [1.807, 2.05) is 6.92 Å². The first-order chi connectivity index (χ1) is 9.23. The van der Waals surface area contributed by atoms with Crippen LogP contribution in [0.4, 0.5) is 0 Å². The van der Waals surface area contributed by atoms with Gasteiger partial charge >= 0.3 is 5.97 Å². The average molecular weight is 268 g/mol. The van der Waals surface area contributed by atoms with Crippen LogP contribution in [0.5, 0.6) is 0 Å². The number of nitrogens with one attached hydrogen (secondary N) is 1. The molecule has 0 aromatic heterocycles. The molecule has 110 valence electrons. The molecule has 0 amide bonds. The summed E-state index contributed by atoms with van der Waals surface area (Å²) in [6.07, 6.45) is 7.20. The molecule has 1 heterocycles. The van der Waals surface area contributed by atoms with Gasteiger partial charge in [0.15, 0.2) is 0 Å². The standard InChI is InChI=1S/C15H28N2O2/c1-3-13(14(18)19-4-2)17-11-10-16-12-15(17)8-6-5-7-9-15/h13,16H,3-12H2,1-2H3. The molecule has 2 fully saturated rings. The number of rotatable bonds is 4. The average Bonchev–Trinajstić information content (AvgIpc) is 2.43. The zero-order valence-electron chi connectivity index (χ0n) is 12.4. The molecule has 0 radical (unpaired) electrons. The maximum atomic E-state index is 12.2. The topological polar surface area (TPSA) is 41.6 Å². The van der Waals surface area contributed by atoms with Gasteiger partial charge in [-0.2, -0.15) is 0 Å². The van der Waals surface area contributed by atoms with Gasteiger partial charge in [0.1, 0.15) is 6.04 Å². The van der Waals surface area contributed by atoms with Gasteiger partial charge in [-0.1, -0.05) is 26.2 Å². The first-order valence-electron chi connectivity index (χ1n) is 7.87. The molecule has 2 rings (SSSR count). The van der Waals surface area contributed by atoms with Crippen molar-refractivity contribution in [3.05, 3.63) is 0 Å². The van der Waals surface area contributed by atoms with Gasteiger partial charge in [-0.15, -0.1) is 0 Å². The molecule has 4 nitrogen and oxygen atoms in total. The van der Waals surface area contributed by atoms with Gasteiger partial charge in [-0.05, 0) is 26.2 Å². The summed E-state index contributed by atoms with van der Waals surface area (Å²) in [5.41, 5.74) is 0.198. The molecule has 1 saturated carbocycles. The molecule has 1 aliphatic heterocycles. The van der Waals surface area contributed by atoms with E-state index in [4.69, 9.17) is 4.74 Å². The van der Waals surface area contributed by atoms with E-state index >= 15 is 0 Å². The van der Waals surface area contributed by atoms with Gasteiger partial charge in [0.2, 0.25) is 0 Å². The Labute approximate surface area is 116 Å². The van der Waals surface area contributed by atoms with Crippen molar-refractivity contribution in [3.8, 4) is 0 Å². The number of esters is 1. The molecule has 0 bridgehead atoms.